The van der Waals surface area contributed by atoms with E-state index in [9.17, 15) is 9.90 Å². The summed E-state index contributed by atoms with van der Waals surface area (Å²) in [6.45, 7) is 13.5. The quantitative estimate of drug-likeness (QED) is 0.120. The summed E-state index contributed by atoms with van der Waals surface area (Å²) in [4.78, 5) is 12.3. The van der Waals surface area contributed by atoms with Crippen molar-refractivity contribution in [3.05, 3.63) is 28.8 Å². The third-order valence-corrected chi connectivity index (χ3v) is 7.56. The van der Waals surface area contributed by atoms with E-state index in [-0.39, 0.29) is 11.4 Å². The Morgan fingerprint density at radius 3 is 1.71 bits per heavy atom. The molecule has 0 radical (unpaired) electrons. The number of benzene rings is 1. The molecule has 0 heterocycles. The van der Waals surface area contributed by atoms with Crippen molar-refractivity contribution in [2.75, 3.05) is 6.61 Å². The van der Waals surface area contributed by atoms with Crippen molar-refractivity contribution in [3.8, 4) is 5.75 Å². The van der Waals surface area contributed by atoms with Crippen LogP contribution in [0, 0.1) is 5.92 Å². The molecule has 1 rings (SSSR count). The Morgan fingerprint density at radius 2 is 1.26 bits per heavy atom. The molecule has 1 aromatic rings. The maximum absolute atomic E-state index is 12.3. The van der Waals surface area contributed by atoms with Crippen molar-refractivity contribution in [2.45, 2.75) is 169 Å². The highest BCUT2D eigenvalue weighted by molar-refractivity contribution is 5.69. The zero-order valence-electron chi connectivity index (χ0n) is 26.1. The maximum Gasteiger partial charge on any atom is 0.306 e. The lowest BCUT2D eigenvalue weighted by molar-refractivity contribution is -0.143. The third kappa shape index (κ3) is 16.5. The lowest BCUT2D eigenvalue weighted by Gasteiger charge is -2.24. The van der Waals surface area contributed by atoms with E-state index < -0.39 is 0 Å². The first-order valence-electron chi connectivity index (χ1n) is 16.2. The molecule has 0 saturated heterocycles. The normalized spacial score (nSPS) is 11.9. The number of phenols is 1. The van der Waals surface area contributed by atoms with Gasteiger partial charge in [0.1, 0.15) is 5.75 Å². The number of hydrogen-bond acceptors (Lipinski definition) is 3. The van der Waals surface area contributed by atoms with E-state index in [1.54, 1.807) is 0 Å². The van der Waals surface area contributed by atoms with Crippen molar-refractivity contribution in [1.29, 1.82) is 0 Å². The van der Waals surface area contributed by atoms with Crippen LogP contribution in [0.15, 0.2) is 12.1 Å². The van der Waals surface area contributed by atoms with Crippen molar-refractivity contribution < 1.29 is 14.6 Å². The molecule has 0 aliphatic rings. The molecule has 0 aliphatic heterocycles. The Hall–Kier alpha value is -1.51. The smallest absolute Gasteiger partial charge is 0.306 e. The monoisotopic (exact) mass is 530 g/mol. The molecule has 3 heteroatoms. The molecule has 1 N–H and O–H groups in total. The van der Waals surface area contributed by atoms with Crippen LogP contribution >= 0.6 is 0 Å². The summed E-state index contributed by atoms with van der Waals surface area (Å²) in [7, 11) is 0. The van der Waals surface area contributed by atoms with Crippen LogP contribution in [0.4, 0.5) is 0 Å². The average Bonchev–Trinajstić information content (AvgIpc) is 2.85. The molecular formula is C35H62O3. The van der Waals surface area contributed by atoms with E-state index in [1.165, 1.54) is 89.9 Å². The topological polar surface area (TPSA) is 46.5 Å². The second-order valence-corrected chi connectivity index (χ2v) is 13.0. The summed E-state index contributed by atoms with van der Waals surface area (Å²) >= 11 is 0. The van der Waals surface area contributed by atoms with Crippen LogP contribution in [-0.4, -0.2) is 17.7 Å². The zero-order valence-corrected chi connectivity index (χ0v) is 26.1. The first kappa shape index (κ1) is 34.5. The highest BCUT2D eigenvalue weighted by atomic mass is 16.5. The minimum absolute atomic E-state index is 0.109. The first-order chi connectivity index (χ1) is 18.1. The fraction of sp³-hybridized carbons (Fsp3) is 0.800. The third-order valence-electron chi connectivity index (χ3n) is 7.56. The first-order valence-corrected chi connectivity index (χ1v) is 16.2. The molecule has 0 unspecified atom stereocenters. The minimum atomic E-state index is -0.139. The van der Waals surface area contributed by atoms with Gasteiger partial charge in [0, 0.05) is 6.42 Å². The number of ether oxygens (including phenoxy) is 1. The van der Waals surface area contributed by atoms with E-state index in [1.807, 2.05) is 0 Å². The molecule has 38 heavy (non-hydrogen) atoms. The lowest BCUT2D eigenvalue weighted by atomic mass is 9.82. The van der Waals surface area contributed by atoms with Crippen LogP contribution in [0.1, 0.15) is 167 Å². The van der Waals surface area contributed by atoms with Gasteiger partial charge in [0.05, 0.1) is 6.61 Å². The van der Waals surface area contributed by atoms with E-state index in [0.717, 1.165) is 36.0 Å². The maximum atomic E-state index is 12.3. The lowest BCUT2D eigenvalue weighted by Crippen LogP contribution is -2.14. The largest absolute Gasteiger partial charge is 0.507 e. The van der Waals surface area contributed by atoms with Gasteiger partial charge in [0.15, 0.2) is 0 Å². The van der Waals surface area contributed by atoms with Gasteiger partial charge in [0.25, 0.3) is 0 Å². The molecule has 220 valence electrons. The fourth-order valence-electron chi connectivity index (χ4n) is 5.23. The highest BCUT2D eigenvalue weighted by Gasteiger charge is 2.22. The molecule has 0 aliphatic carbocycles. The number of carbonyl (C=O) groups is 1. The number of hydrogen-bond donors (Lipinski definition) is 1. The summed E-state index contributed by atoms with van der Waals surface area (Å²) in [6.07, 6.45) is 23.4. The number of phenolic OH excluding ortho intramolecular Hbond substituents is 1. The Labute approximate surface area is 236 Å². The Balaban J connectivity index is 2.11. The molecule has 0 atom stereocenters. The van der Waals surface area contributed by atoms with Gasteiger partial charge in [-0.3, -0.25) is 4.79 Å². The van der Waals surface area contributed by atoms with Gasteiger partial charge in [-0.15, -0.1) is 0 Å². The number of carbonyl (C=O) groups excluding carboxylic acids is 1. The van der Waals surface area contributed by atoms with Crippen molar-refractivity contribution in [3.63, 3.8) is 0 Å². The molecule has 0 spiro atoms. The average molecular weight is 531 g/mol. The van der Waals surface area contributed by atoms with Gasteiger partial charge in [-0.2, -0.15) is 0 Å². The van der Waals surface area contributed by atoms with Crippen LogP contribution < -0.4 is 0 Å². The zero-order chi connectivity index (χ0) is 28.2. The number of rotatable bonds is 22. The summed E-state index contributed by atoms with van der Waals surface area (Å²) < 4.78 is 5.51. The van der Waals surface area contributed by atoms with Gasteiger partial charge in [-0.25, -0.2) is 0 Å². The Morgan fingerprint density at radius 1 is 0.789 bits per heavy atom. The summed E-state index contributed by atoms with van der Waals surface area (Å²) in [5.74, 6) is 0.774. The van der Waals surface area contributed by atoms with E-state index in [2.05, 4.69) is 53.7 Å². The predicted octanol–water partition coefficient (Wildman–Crippen LogP) is 10.6. The molecular weight excluding hydrogens is 468 g/mol. The van der Waals surface area contributed by atoms with Crippen LogP contribution in [0.2, 0.25) is 0 Å². The standard InChI is InChI=1S/C35H62O3/c1-7-8-9-10-11-12-13-14-15-16-17-18-19-20-21-22-25-38-33(36)24-23-30-27-31(26-29(2)3)34(37)32(28-30)35(4,5)6/h27-29,37H,7-26H2,1-6H3. The van der Waals surface area contributed by atoms with Crippen LogP contribution in [0.25, 0.3) is 0 Å². The summed E-state index contributed by atoms with van der Waals surface area (Å²) in [5, 5.41) is 10.8. The summed E-state index contributed by atoms with van der Waals surface area (Å²) in [6, 6.07) is 4.15. The van der Waals surface area contributed by atoms with Crippen LogP contribution in [0.5, 0.6) is 5.75 Å². The molecule has 3 nitrogen and oxygen atoms in total. The number of esters is 1. The van der Waals surface area contributed by atoms with Gasteiger partial charge >= 0.3 is 5.97 Å². The second-order valence-electron chi connectivity index (χ2n) is 13.0. The number of aryl methyl sites for hydroxylation is 1. The van der Waals surface area contributed by atoms with Crippen molar-refractivity contribution in [2.24, 2.45) is 5.92 Å². The van der Waals surface area contributed by atoms with Crippen molar-refractivity contribution in [1.82, 2.24) is 0 Å². The van der Waals surface area contributed by atoms with Gasteiger partial charge in [-0.1, -0.05) is 150 Å². The SMILES string of the molecule is CCCCCCCCCCCCCCCCCCOC(=O)CCc1cc(CC(C)C)c(O)c(C(C)(C)C)c1. The van der Waals surface area contributed by atoms with Crippen LogP contribution in [0.3, 0.4) is 0 Å². The number of aromatic hydroxyl groups is 1. The minimum Gasteiger partial charge on any atom is -0.507 e. The number of unbranched alkanes of at least 4 members (excludes halogenated alkanes) is 15. The highest BCUT2D eigenvalue weighted by Crippen LogP contribution is 2.35. The molecule has 0 aromatic heterocycles. The molecule has 0 amide bonds. The van der Waals surface area contributed by atoms with Gasteiger partial charge < -0.3 is 9.84 Å². The van der Waals surface area contributed by atoms with Crippen molar-refractivity contribution >= 4 is 5.97 Å². The van der Waals surface area contributed by atoms with Gasteiger partial charge in [0.2, 0.25) is 0 Å². The van der Waals surface area contributed by atoms with E-state index in [4.69, 9.17) is 4.74 Å². The summed E-state index contributed by atoms with van der Waals surface area (Å²) in [5.41, 5.74) is 2.93. The fourth-order valence-corrected chi connectivity index (χ4v) is 5.23. The second kappa shape index (κ2) is 20.4. The molecule has 1 aromatic carbocycles. The molecule has 0 bridgehead atoms. The van der Waals surface area contributed by atoms with Crippen LogP contribution in [-0.2, 0) is 27.8 Å². The molecule has 0 saturated carbocycles. The Bertz CT molecular complexity index is 744. The van der Waals surface area contributed by atoms with E-state index >= 15 is 0 Å². The Kier molecular flexibility index (Phi) is 18.5. The molecule has 0 fully saturated rings. The van der Waals surface area contributed by atoms with E-state index in [0.29, 0.717) is 31.1 Å². The predicted molar refractivity (Wildman–Crippen MR) is 164 cm³/mol. The van der Waals surface area contributed by atoms with Gasteiger partial charge in [-0.05, 0) is 47.3 Å².